The molecule has 1 aromatic carbocycles. The first-order valence-corrected chi connectivity index (χ1v) is 6.34. The number of allylic oxidation sites excluding steroid dienone is 2. The molecule has 90 valence electrons. The molecule has 0 spiro atoms. The van der Waals surface area contributed by atoms with Gasteiger partial charge in [-0.05, 0) is 30.9 Å². The minimum absolute atomic E-state index is 0.571. The molecule has 4 heteroatoms. The first-order valence-electron chi connectivity index (χ1n) is 6.34. The summed E-state index contributed by atoms with van der Waals surface area (Å²) in [4.78, 5) is 7.65. The Hall–Kier alpha value is -2.10. The quantitative estimate of drug-likeness (QED) is 0.624. The Morgan fingerprint density at radius 1 is 1.33 bits per heavy atom. The van der Waals surface area contributed by atoms with Gasteiger partial charge in [0.05, 0.1) is 11.0 Å². The number of aromatic nitrogens is 2. The largest absolute Gasteiger partial charge is 0.323 e. The van der Waals surface area contributed by atoms with Crippen molar-refractivity contribution in [1.82, 2.24) is 9.97 Å². The number of para-hydroxylation sites is 2. The predicted molar refractivity (Wildman–Crippen MR) is 72.5 cm³/mol. The van der Waals surface area contributed by atoms with E-state index in [4.69, 9.17) is 0 Å². The molecule has 1 saturated carbocycles. The number of nitrogens with zero attached hydrogens (tertiary/aromatic N) is 2. The number of benzene rings is 1. The number of aromatic amines is 1. The normalized spacial score (nSPS) is 27.4. The molecule has 0 saturated heterocycles. The average molecular weight is 238 g/mol. The Balaban J connectivity index is 1.55. The molecular weight excluding hydrogens is 224 g/mol. The first kappa shape index (κ1) is 9.88. The fourth-order valence-corrected chi connectivity index (χ4v) is 2.79. The Labute approximate surface area is 105 Å². The van der Waals surface area contributed by atoms with Crippen molar-refractivity contribution in [2.24, 2.45) is 16.9 Å². The number of hydrazone groups is 1. The topological polar surface area (TPSA) is 53.1 Å². The lowest BCUT2D eigenvalue weighted by atomic mass is 9.74. The third-order valence-electron chi connectivity index (χ3n) is 3.84. The first-order chi connectivity index (χ1) is 8.90. The maximum absolute atomic E-state index is 4.46. The van der Waals surface area contributed by atoms with Crippen molar-refractivity contribution in [3.8, 4) is 0 Å². The molecule has 0 amide bonds. The summed E-state index contributed by atoms with van der Waals surface area (Å²) in [6.07, 6.45) is 6.87. The van der Waals surface area contributed by atoms with E-state index in [1.165, 1.54) is 12.1 Å². The number of hydrogen-bond acceptors (Lipinski definition) is 3. The van der Waals surface area contributed by atoms with Gasteiger partial charge >= 0.3 is 0 Å². The molecular formula is C14H14N4. The third-order valence-corrected chi connectivity index (χ3v) is 3.84. The maximum atomic E-state index is 4.46. The number of rotatable bonds is 2. The van der Waals surface area contributed by atoms with Crippen molar-refractivity contribution in [2.45, 2.75) is 12.8 Å². The van der Waals surface area contributed by atoms with Gasteiger partial charge in [-0.3, -0.25) is 0 Å². The molecule has 1 heterocycles. The zero-order valence-electron chi connectivity index (χ0n) is 9.93. The van der Waals surface area contributed by atoms with Crippen LogP contribution in [0.4, 0.5) is 5.95 Å². The Bertz CT molecular complexity index is 620. The summed E-state index contributed by atoms with van der Waals surface area (Å²) in [6.45, 7) is 0. The van der Waals surface area contributed by atoms with Crippen molar-refractivity contribution in [3.05, 3.63) is 36.4 Å². The molecule has 0 radical (unpaired) electrons. The fraction of sp³-hybridized carbons (Fsp3) is 0.286. The van der Waals surface area contributed by atoms with Crippen LogP contribution in [0.5, 0.6) is 0 Å². The highest BCUT2D eigenvalue weighted by molar-refractivity contribution is 5.95. The minimum atomic E-state index is 0.571. The zero-order chi connectivity index (χ0) is 11.9. The van der Waals surface area contributed by atoms with E-state index in [0.29, 0.717) is 11.9 Å². The second-order valence-electron chi connectivity index (χ2n) is 4.97. The van der Waals surface area contributed by atoms with Gasteiger partial charge < -0.3 is 4.98 Å². The van der Waals surface area contributed by atoms with Crippen molar-refractivity contribution >= 4 is 22.7 Å². The van der Waals surface area contributed by atoms with Crippen LogP contribution in [0.3, 0.4) is 0 Å². The van der Waals surface area contributed by atoms with E-state index in [1.54, 1.807) is 0 Å². The molecule has 2 atom stereocenters. The van der Waals surface area contributed by atoms with Gasteiger partial charge in [0.2, 0.25) is 5.95 Å². The van der Waals surface area contributed by atoms with Gasteiger partial charge in [0.1, 0.15) is 0 Å². The minimum Gasteiger partial charge on any atom is -0.323 e. The Kier molecular flexibility index (Phi) is 2.03. The number of imidazole rings is 1. The SMILES string of the molecule is C1=CC2/C(=N\Nc3nc4ccccc4[nH]3)CC2C1. The van der Waals surface area contributed by atoms with Crippen molar-refractivity contribution < 1.29 is 0 Å². The monoisotopic (exact) mass is 238 g/mol. The molecule has 0 aliphatic heterocycles. The predicted octanol–water partition coefficient (Wildman–Crippen LogP) is 2.93. The standard InChI is InChI=1S/C14H14N4/c1-2-7-12-11(6-1)15-14(16-12)18-17-13-8-9-4-3-5-10(9)13/h1-3,5-7,9-10H,4,8H2,(H2,15,16,18)/b17-13-. The van der Waals surface area contributed by atoms with Gasteiger partial charge in [0, 0.05) is 11.6 Å². The summed E-state index contributed by atoms with van der Waals surface area (Å²) in [7, 11) is 0. The average Bonchev–Trinajstić information content (AvgIpc) is 2.93. The van der Waals surface area contributed by atoms with Crippen LogP contribution < -0.4 is 5.43 Å². The zero-order valence-corrected chi connectivity index (χ0v) is 9.93. The smallest absolute Gasteiger partial charge is 0.222 e. The van der Waals surface area contributed by atoms with E-state index >= 15 is 0 Å². The number of anilines is 1. The molecule has 2 N–H and O–H groups in total. The molecule has 2 aliphatic carbocycles. The van der Waals surface area contributed by atoms with Gasteiger partial charge in [-0.15, -0.1) is 0 Å². The van der Waals surface area contributed by atoms with Gasteiger partial charge in [0.15, 0.2) is 0 Å². The summed E-state index contributed by atoms with van der Waals surface area (Å²) < 4.78 is 0. The molecule has 4 rings (SSSR count). The van der Waals surface area contributed by atoms with E-state index in [-0.39, 0.29) is 0 Å². The number of fused-ring (bicyclic) bond motifs is 2. The van der Waals surface area contributed by atoms with E-state index in [9.17, 15) is 0 Å². The van der Waals surface area contributed by atoms with E-state index in [0.717, 1.165) is 23.4 Å². The third kappa shape index (κ3) is 1.45. The van der Waals surface area contributed by atoms with Crippen molar-refractivity contribution in [1.29, 1.82) is 0 Å². The molecule has 1 aromatic heterocycles. The van der Waals surface area contributed by atoms with E-state index in [1.807, 2.05) is 24.3 Å². The highest BCUT2D eigenvalue weighted by Gasteiger charge is 2.37. The molecule has 0 bridgehead atoms. The molecule has 18 heavy (non-hydrogen) atoms. The van der Waals surface area contributed by atoms with Crippen LogP contribution in [-0.4, -0.2) is 15.7 Å². The number of hydrogen-bond donors (Lipinski definition) is 2. The van der Waals surface area contributed by atoms with Crippen LogP contribution in [0, 0.1) is 11.8 Å². The summed E-state index contributed by atoms with van der Waals surface area (Å²) in [5, 5.41) is 4.46. The number of H-pyrrole nitrogens is 1. The van der Waals surface area contributed by atoms with Gasteiger partial charge in [0.25, 0.3) is 0 Å². The second kappa shape index (κ2) is 3.70. The molecule has 4 nitrogen and oxygen atoms in total. The van der Waals surface area contributed by atoms with Gasteiger partial charge in [-0.25, -0.2) is 10.4 Å². The molecule has 2 aromatic rings. The lowest BCUT2D eigenvalue weighted by Crippen LogP contribution is -2.33. The van der Waals surface area contributed by atoms with Crippen LogP contribution in [0.25, 0.3) is 11.0 Å². The lowest BCUT2D eigenvalue weighted by molar-refractivity contribution is 0.447. The van der Waals surface area contributed by atoms with Crippen LogP contribution in [0.1, 0.15) is 12.8 Å². The number of nitrogens with one attached hydrogen (secondary N) is 2. The van der Waals surface area contributed by atoms with Crippen LogP contribution in [-0.2, 0) is 0 Å². The molecule has 1 fully saturated rings. The van der Waals surface area contributed by atoms with Crippen LogP contribution in [0.15, 0.2) is 41.5 Å². The highest BCUT2D eigenvalue weighted by atomic mass is 15.4. The van der Waals surface area contributed by atoms with Crippen LogP contribution >= 0.6 is 0 Å². The summed E-state index contributed by atoms with van der Waals surface area (Å²) in [5.74, 6) is 2.09. The lowest BCUT2D eigenvalue weighted by Gasteiger charge is -2.31. The Morgan fingerprint density at radius 3 is 3.17 bits per heavy atom. The maximum Gasteiger partial charge on any atom is 0.222 e. The second-order valence-corrected chi connectivity index (χ2v) is 4.97. The van der Waals surface area contributed by atoms with Crippen LogP contribution in [0.2, 0.25) is 0 Å². The Morgan fingerprint density at radius 2 is 2.28 bits per heavy atom. The summed E-state index contributed by atoms with van der Waals surface area (Å²) >= 11 is 0. The van der Waals surface area contributed by atoms with E-state index < -0.39 is 0 Å². The highest BCUT2D eigenvalue weighted by Crippen LogP contribution is 2.40. The molecule has 2 aliphatic rings. The molecule has 2 unspecified atom stereocenters. The summed E-state index contributed by atoms with van der Waals surface area (Å²) in [6, 6.07) is 7.98. The van der Waals surface area contributed by atoms with Crippen molar-refractivity contribution in [2.75, 3.05) is 5.43 Å². The van der Waals surface area contributed by atoms with Gasteiger partial charge in [-0.2, -0.15) is 5.10 Å². The van der Waals surface area contributed by atoms with E-state index in [2.05, 4.69) is 32.6 Å². The van der Waals surface area contributed by atoms with Crippen molar-refractivity contribution in [3.63, 3.8) is 0 Å². The summed E-state index contributed by atoms with van der Waals surface area (Å²) in [5.41, 5.74) is 6.28. The van der Waals surface area contributed by atoms with Gasteiger partial charge in [-0.1, -0.05) is 24.3 Å². The fourth-order valence-electron chi connectivity index (χ4n) is 2.79.